The van der Waals surface area contributed by atoms with Crippen molar-refractivity contribution in [3.05, 3.63) is 41.7 Å². The average molecular weight is 246 g/mol. The lowest BCUT2D eigenvalue weighted by Gasteiger charge is -2.13. The van der Waals surface area contributed by atoms with Gasteiger partial charge in [-0.15, -0.1) is 10.2 Å². The molecule has 0 aliphatic carbocycles. The molecule has 0 bridgehead atoms. The summed E-state index contributed by atoms with van der Waals surface area (Å²) in [5.41, 5.74) is 0.938. The minimum absolute atomic E-state index is 0.246. The Morgan fingerprint density at radius 3 is 2.78 bits per heavy atom. The Labute approximate surface area is 104 Å². The summed E-state index contributed by atoms with van der Waals surface area (Å²) < 4.78 is 4.83. The van der Waals surface area contributed by atoms with Crippen LogP contribution in [0, 0.1) is 0 Å². The zero-order valence-electron chi connectivity index (χ0n) is 10.0. The number of hydrogen-bond acceptors (Lipinski definition) is 5. The number of nitrogens with one attached hydrogen (secondary N) is 1. The van der Waals surface area contributed by atoms with E-state index in [1.54, 1.807) is 0 Å². The van der Waals surface area contributed by atoms with E-state index in [0.717, 1.165) is 5.56 Å². The maximum absolute atomic E-state index is 11.8. The van der Waals surface area contributed by atoms with Crippen LogP contribution >= 0.6 is 0 Å². The van der Waals surface area contributed by atoms with Gasteiger partial charge < -0.3 is 4.74 Å². The summed E-state index contributed by atoms with van der Waals surface area (Å²) in [7, 11) is 1.40. The number of carbonyl (C=O) groups excluding carboxylic acids is 1. The molecule has 2 aromatic rings. The summed E-state index contributed by atoms with van der Waals surface area (Å²) in [4.78, 5) is 11.8. The van der Waals surface area contributed by atoms with E-state index in [-0.39, 0.29) is 11.9 Å². The maximum Gasteiger partial charge on any atom is 0.313 e. The molecule has 6 heteroatoms. The number of methoxy groups -OCH3 is 1. The summed E-state index contributed by atoms with van der Waals surface area (Å²) in [5.74, 6) is 0.0548. The Kier molecular flexibility index (Phi) is 4.01. The number of benzene rings is 1. The highest BCUT2D eigenvalue weighted by molar-refractivity contribution is 5.78. The number of rotatable bonds is 5. The standard InChI is InChI=1S/C12H14N4O2/c1-18-12(17)10(9-5-3-2-4-6-9)7-8-11-13-15-16-14-11/h2-6,10H,7-8H2,1H3,(H,13,14,15,16). The van der Waals surface area contributed by atoms with Crippen LogP contribution in [0.1, 0.15) is 23.7 Å². The van der Waals surface area contributed by atoms with Crippen molar-refractivity contribution in [2.45, 2.75) is 18.8 Å². The number of nitrogens with zero attached hydrogens (tertiary/aromatic N) is 3. The largest absolute Gasteiger partial charge is 0.469 e. The SMILES string of the molecule is COC(=O)C(CCc1nn[nH]n1)c1ccccc1. The lowest BCUT2D eigenvalue weighted by Crippen LogP contribution is -2.15. The van der Waals surface area contributed by atoms with Gasteiger partial charge in [0.1, 0.15) is 0 Å². The Bertz CT molecular complexity index is 484. The first-order chi connectivity index (χ1) is 8.81. The van der Waals surface area contributed by atoms with E-state index in [9.17, 15) is 4.79 Å². The first-order valence-corrected chi connectivity index (χ1v) is 5.66. The van der Waals surface area contributed by atoms with Gasteiger partial charge in [0, 0.05) is 6.42 Å². The van der Waals surface area contributed by atoms with Crippen molar-refractivity contribution in [1.29, 1.82) is 0 Å². The van der Waals surface area contributed by atoms with Crippen molar-refractivity contribution in [1.82, 2.24) is 20.6 Å². The molecule has 0 spiro atoms. The monoisotopic (exact) mass is 246 g/mol. The van der Waals surface area contributed by atoms with E-state index in [1.165, 1.54) is 7.11 Å². The van der Waals surface area contributed by atoms with Crippen LogP contribution in [0.4, 0.5) is 0 Å². The molecule has 0 amide bonds. The van der Waals surface area contributed by atoms with E-state index in [1.807, 2.05) is 30.3 Å². The van der Waals surface area contributed by atoms with Crippen LogP contribution < -0.4 is 0 Å². The fourth-order valence-electron chi connectivity index (χ4n) is 1.81. The van der Waals surface area contributed by atoms with Gasteiger partial charge in [0.2, 0.25) is 0 Å². The summed E-state index contributed by atoms with van der Waals surface area (Å²) in [6.45, 7) is 0. The molecular weight excluding hydrogens is 232 g/mol. The number of carbonyl (C=O) groups is 1. The van der Waals surface area contributed by atoms with Gasteiger partial charge in [-0.1, -0.05) is 35.5 Å². The van der Waals surface area contributed by atoms with Crippen LogP contribution in [0.2, 0.25) is 0 Å². The van der Waals surface area contributed by atoms with Crippen molar-refractivity contribution in [3.63, 3.8) is 0 Å². The number of aryl methyl sites for hydroxylation is 1. The third-order valence-corrected chi connectivity index (χ3v) is 2.73. The predicted octanol–water partition coefficient (Wildman–Crippen LogP) is 1.09. The molecule has 0 fully saturated rings. The van der Waals surface area contributed by atoms with Crippen molar-refractivity contribution in [2.75, 3.05) is 7.11 Å². The maximum atomic E-state index is 11.8. The van der Waals surface area contributed by atoms with Gasteiger partial charge in [0.05, 0.1) is 13.0 Å². The van der Waals surface area contributed by atoms with Gasteiger partial charge in [0.15, 0.2) is 5.82 Å². The molecule has 0 saturated carbocycles. The minimum atomic E-state index is -0.297. The summed E-state index contributed by atoms with van der Waals surface area (Å²) in [6.07, 6.45) is 1.17. The lowest BCUT2D eigenvalue weighted by atomic mass is 9.94. The third-order valence-electron chi connectivity index (χ3n) is 2.73. The van der Waals surface area contributed by atoms with Crippen LogP contribution in [-0.4, -0.2) is 33.7 Å². The van der Waals surface area contributed by atoms with Gasteiger partial charge in [0.25, 0.3) is 0 Å². The second kappa shape index (κ2) is 5.90. The van der Waals surface area contributed by atoms with Crippen LogP contribution in [0.25, 0.3) is 0 Å². The molecule has 6 nitrogen and oxygen atoms in total. The van der Waals surface area contributed by atoms with Crippen molar-refractivity contribution in [2.24, 2.45) is 0 Å². The van der Waals surface area contributed by atoms with E-state index in [0.29, 0.717) is 18.7 Å². The topological polar surface area (TPSA) is 80.8 Å². The molecule has 2 rings (SSSR count). The van der Waals surface area contributed by atoms with Crippen LogP contribution in [0.5, 0.6) is 0 Å². The van der Waals surface area contributed by atoms with Crippen LogP contribution in [0.3, 0.4) is 0 Å². The second-order valence-corrected chi connectivity index (χ2v) is 3.85. The molecule has 0 aliphatic rings. The quantitative estimate of drug-likeness (QED) is 0.799. The highest BCUT2D eigenvalue weighted by Gasteiger charge is 2.21. The van der Waals surface area contributed by atoms with Gasteiger partial charge in [-0.3, -0.25) is 4.79 Å². The normalized spacial score (nSPS) is 12.1. The van der Waals surface area contributed by atoms with E-state index >= 15 is 0 Å². The zero-order chi connectivity index (χ0) is 12.8. The molecule has 1 atom stereocenters. The van der Waals surface area contributed by atoms with Crippen molar-refractivity contribution in [3.8, 4) is 0 Å². The number of ether oxygens (including phenoxy) is 1. The average Bonchev–Trinajstić information content (AvgIpc) is 2.93. The highest BCUT2D eigenvalue weighted by Crippen LogP contribution is 2.22. The number of aromatic nitrogens is 4. The molecule has 1 aromatic heterocycles. The summed E-state index contributed by atoms with van der Waals surface area (Å²) in [5, 5.41) is 13.6. The Morgan fingerprint density at radius 1 is 1.39 bits per heavy atom. The van der Waals surface area contributed by atoms with Crippen molar-refractivity contribution >= 4 is 5.97 Å². The number of H-pyrrole nitrogens is 1. The first-order valence-electron chi connectivity index (χ1n) is 5.66. The minimum Gasteiger partial charge on any atom is -0.469 e. The molecule has 0 aliphatic heterocycles. The van der Waals surface area contributed by atoms with E-state index in [2.05, 4.69) is 20.6 Å². The van der Waals surface area contributed by atoms with Gasteiger partial charge in [-0.05, 0) is 12.0 Å². The molecule has 1 unspecified atom stereocenters. The fourth-order valence-corrected chi connectivity index (χ4v) is 1.81. The van der Waals surface area contributed by atoms with E-state index in [4.69, 9.17) is 4.74 Å². The van der Waals surface area contributed by atoms with Gasteiger partial charge in [-0.2, -0.15) is 5.21 Å². The molecule has 0 radical (unpaired) electrons. The smallest absolute Gasteiger partial charge is 0.313 e. The number of esters is 1. The Hall–Kier alpha value is -2.24. The molecule has 0 saturated heterocycles. The van der Waals surface area contributed by atoms with Gasteiger partial charge >= 0.3 is 5.97 Å². The molecule has 1 aromatic carbocycles. The molecular formula is C12H14N4O2. The molecule has 1 N–H and O–H groups in total. The number of aromatic amines is 1. The van der Waals surface area contributed by atoms with Crippen LogP contribution in [0.15, 0.2) is 30.3 Å². The van der Waals surface area contributed by atoms with Gasteiger partial charge in [-0.25, -0.2) is 0 Å². The number of hydrogen-bond donors (Lipinski definition) is 1. The Balaban J connectivity index is 2.09. The Morgan fingerprint density at radius 2 is 2.17 bits per heavy atom. The second-order valence-electron chi connectivity index (χ2n) is 3.85. The number of tetrazole rings is 1. The predicted molar refractivity (Wildman–Crippen MR) is 63.7 cm³/mol. The summed E-state index contributed by atoms with van der Waals surface area (Å²) >= 11 is 0. The highest BCUT2D eigenvalue weighted by atomic mass is 16.5. The zero-order valence-corrected chi connectivity index (χ0v) is 10.0. The fraction of sp³-hybridized carbons (Fsp3) is 0.333. The lowest BCUT2D eigenvalue weighted by molar-refractivity contribution is -0.142. The molecule has 1 heterocycles. The first kappa shape index (κ1) is 12.2. The summed E-state index contributed by atoms with van der Waals surface area (Å²) in [6, 6.07) is 9.55. The van der Waals surface area contributed by atoms with E-state index < -0.39 is 0 Å². The van der Waals surface area contributed by atoms with Crippen molar-refractivity contribution < 1.29 is 9.53 Å². The third kappa shape index (κ3) is 2.91. The van der Waals surface area contributed by atoms with Crippen LogP contribution in [-0.2, 0) is 16.0 Å². The molecule has 94 valence electrons. The molecule has 18 heavy (non-hydrogen) atoms.